The standard InChI is InChI=1S/C66H48N2/c1-6-19-47(20-7-1)49-33-37-52(38-34-49)65-61-44-42-58(68(56-29-14-5-15-30-56)64-32-18-24-51-23-16-17-31-59(51)64)46-63(61)66(53-39-35-50(36-40-53)48-21-8-2-9-22-48)60-43-41-57(45-62(60)65)67(54-25-10-3-11-26-54)55-27-12-4-13-28-55/h1-35,37-39,41-46H,36,40H2. The summed E-state index contributed by atoms with van der Waals surface area (Å²) in [7, 11) is 0. The lowest BCUT2D eigenvalue weighted by Gasteiger charge is -2.29. The lowest BCUT2D eigenvalue weighted by Crippen LogP contribution is -2.11. The summed E-state index contributed by atoms with van der Waals surface area (Å²) in [6.45, 7) is 0. The van der Waals surface area contributed by atoms with Crippen molar-refractivity contribution in [2.75, 3.05) is 9.80 Å². The van der Waals surface area contributed by atoms with Gasteiger partial charge in [0.25, 0.3) is 0 Å². The van der Waals surface area contributed by atoms with E-state index in [2.05, 4.69) is 277 Å². The molecule has 0 radical (unpaired) electrons. The molecule has 0 unspecified atom stereocenters. The van der Waals surface area contributed by atoms with Gasteiger partial charge in [-0.1, -0.05) is 200 Å². The van der Waals surface area contributed by atoms with Gasteiger partial charge in [-0.05, 0) is 151 Å². The molecule has 322 valence electrons. The van der Waals surface area contributed by atoms with E-state index in [1.807, 2.05) is 0 Å². The second-order valence-electron chi connectivity index (χ2n) is 17.6. The van der Waals surface area contributed by atoms with Gasteiger partial charge in [0.2, 0.25) is 0 Å². The molecule has 0 N–H and O–H groups in total. The summed E-state index contributed by atoms with van der Waals surface area (Å²) in [5, 5.41) is 7.33. The molecule has 2 nitrogen and oxygen atoms in total. The first-order valence-corrected chi connectivity index (χ1v) is 23.6. The van der Waals surface area contributed by atoms with Crippen LogP contribution in [0.4, 0.5) is 34.1 Å². The summed E-state index contributed by atoms with van der Waals surface area (Å²) in [5.74, 6) is 0. The van der Waals surface area contributed by atoms with Crippen LogP contribution in [0, 0.1) is 0 Å². The molecule has 11 aromatic rings. The van der Waals surface area contributed by atoms with Crippen molar-refractivity contribution < 1.29 is 0 Å². The molecule has 1 aliphatic carbocycles. The third-order valence-corrected chi connectivity index (χ3v) is 13.5. The van der Waals surface area contributed by atoms with Crippen molar-refractivity contribution >= 4 is 77.6 Å². The first-order valence-electron chi connectivity index (χ1n) is 23.6. The molecule has 0 aliphatic heterocycles. The Kier molecular flexibility index (Phi) is 10.7. The van der Waals surface area contributed by atoms with E-state index in [4.69, 9.17) is 0 Å². The van der Waals surface area contributed by atoms with Crippen LogP contribution in [0.5, 0.6) is 0 Å². The van der Waals surface area contributed by atoms with Crippen molar-refractivity contribution in [3.8, 4) is 22.3 Å². The highest BCUT2D eigenvalue weighted by atomic mass is 15.1. The Labute approximate surface area is 398 Å². The largest absolute Gasteiger partial charge is 0.310 e. The molecular formula is C66H48N2. The normalized spacial score (nSPS) is 12.5. The molecule has 68 heavy (non-hydrogen) atoms. The van der Waals surface area contributed by atoms with Gasteiger partial charge in [-0.15, -0.1) is 0 Å². The summed E-state index contributed by atoms with van der Waals surface area (Å²) < 4.78 is 0. The first-order chi connectivity index (χ1) is 33.7. The Hall–Kier alpha value is -8.72. The van der Waals surface area contributed by atoms with Gasteiger partial charge in [0.1, 0.15) is 0 Å². The minimum absolute atomic E-state index is 0.925. The van der Waals surface area contributed by atoms with E-state index in [1.165, 1.54) is 76.8 Å². The molecule has 0 atom stereocenters. The van der Waals surface area contributed by atoms with E-state index in [1.54, 1.807) is 0 Å². The summed E-state index contributed by atoms with van der Waals surface area (Å²) in [5.41, 5.74) is 16.8. The minimum Gasteiger partial charge on any atom is -0.310 e. The zero-order valence-electron chi connectivity index (χ0n) is 37.7. The lowest BCUT2D eigenvalue weighted by atomic mass is 9.82. The number of hydrogen-bond acceptors (Lipinski definition) is 2. The third-order valence-electron chi connectivity index (χ3n) is 13.5. The molecule has 0 aromatic heterocycles. The molecule has 12 rings (SSSR count). The van der Waals surface area contributed by atoms with Gasteiger partial charge in [0, 0.05) is 33.8 Å². The average molecular weight is 869 g/mol. The molecule has 0 amide bonds. The molecule has 0 heterocycles. The van der Waals surface area contributed by atoms with Crippen molar-refractivity contribution in [3.05, 3.63) is 278 Å². The summed E-state index contributed by atoms with van der Waals surface area (Å²) in [4.78, 5) is 4.82. The Morgan fingerprint density at radius 2 is 0.691 bits per heavy atom. The predicted molar refractivity (Wildman–Crippen MR) is 291 cm³/mol. The average Bonchev–Trinajstić information content (AvgIpc) is 3.42. The van der Waals surface area contributed by atoms with Gasteiger partial charge in [0.05, 0.1) is 5.69 Å². The van der Waals surface area contributed by atoms with Gasteiger partial charge < -0.3 is 9.80 Å². The number of nitrogens with zero attached hydrogens (tertiary/aromatic N) is 2. The molecule has 0 saturated carbocycles. The molecule has 2 heteroatoms. The van der Waals surface area contributed by atoms with E-state index < -0.39 is 0 Å². The monoisotopic (exact) mass is 868 g/mol. The Morgan fingerprint density at radius 3 is 1.29 bits per heavy atom. The lowest BCUT2D eigenvalue weighted by molar-refractivity contribution is 1.08. The second kappa shape index (κ2) is 17.9. The molecule has 1 aliphatic rings. The number of hydrogen-bond donors (Lipinski definition) is 0. The van der Waals surface area contributed by atoms with Crippen molar-refractivity contribution in [3.63, 3.8) is 0 Å². The van der Waals surface area contributed by atoms with E-state index in [9.17, 15) is 0 Å². The summed E-state index contributed by atoms with van der Waals surface area (Å²) in [6, 6.07) is 92.8. The topological polar surface area (TPSA) is 6.48 Å². The second-order valence-corrected chi connectivity index (χ2v) is 17.6. The molecule has 0 fully saturated rings. The van der Waals surface area contributed by atoms with Gasteiger partial charge >= 0.3 is 0 Å². The molecule has 0 spiro atoms. The van der Waals surface area contributed by atoms with Gasteiger partial charge in [-0.25, -0.2) is 0 Å². The van der Waals surface area contributed by atoms with Crippen LogP contribution in [-0.2, 0) is 0 Å². The first kappa shape index (κ1) is 40.8. The van der Waals surface area contributed by atoms with Crippen molar-refractivity contribution in [2.45, 2.75) is 12.8 Å². The highest BCUT2D eigenvalue weighted by Gasteiger charge is 2.24. The number of allylic oxidation sites excluding steroid dienone is 4. The van der Waals surface area contributed by atoms with Crippen LogP contribution in [-0.4, -0.2) is 0 Å². The fourth-order valence-corrected chi connectivity index (χ4v) is 10.3. The SMILES string of the molecule is C1=C(c2ccccc2)CCC(c2c3cc(N(c4ccccc4)c4cccc5ccccc45)ccc3c(-c3ccc(-c4ccccc4)cc3)c3cc(N(c4ccccc4)c4ccccc4)ccc23)=C1. The van der Waals surface area contributed by atoms with Crippen molar-refractivity contribution in [2.24, 2.45) is 0 Å². The number of anilines is 6. The van der Waals surface area contributed by atoms with Gasteiger partial charge in [-0.3, -0.25) is 0 Å². The fourth-order valence-electron chi connectivity index (χ4n) is 10.3. The van der Waals surface area contributed by atoms with E-state index >= 15 is 0 Å². The highest BCUT2D eigenvalue weighted by Crippen LogP contribution is 2.49. The summed E-state index contributed by atoms with van der Waals surface area (Å²) in [6.07, 6.45) is 6.64. The van der Waals surface area contributed by atoms with E-state index in [0.29, 0.717) is 0 Å². The van der Waals surface area contributed by atoms with Crippen LogP contribution in [0.25, 0.3) is 65.7 Å². The molecular weight excluding hydrogens is 821 g/mol. The van der Waals surface area contributed by atoms with Crippen LogP contribution in [0.1, 0.15) is 24.0 Å². The van der Waals surface area contributed by atoms with E-state index in [-0.39, 0.29) is 0 Å². The maximum atomic E-state index is 2.46. The summed E-state index contributed by atoms with van der Waals surface area (Å²) >= 11 is 0. The third kappa shape index (κ3) is 7.62. The van der Waals surface area contributed by atoms with E-state index in [0.717, 1.165) is 47.0 Å². The maximum absolute atomic E-state index is 2.46. The maximum Gasteiger partial charge on any atom is 0.0540 e. The Bertz CT molecular complexity index is 3590. The Morgan fingerprint density at radius 1 is 0.250 bits per heavy atom. The Balaban J connectivity index is 1.16. The highest BCUT2D eigenvalue weighted by molar-refractivity contribution is 6.20. The fraction of sp³-hybridized carbons (Fsp3) is 0.0303. The zero-order chi connectivity index (χ0) is 45.2. The quantitative estimate of drug-likeness (QED) is 0.126. The van der Waals surface area contributed by atoms with Crippen molar-refractivity contribution in [1.82, 2.24) is 0 Å². The zero-order valence-corrected chi connectivity index (χ0v) is 37.7. The molecule has 0 bridgehead atoms. The smallest absolute Gasteiger partial charge is 0.0540 e. The number of rotatable bonds is 10. The van der Waals surface area contributed by atoms with Crippen molar-refractivity contribution in [1.29, 1.82) is 0 Å². The van der Waals surface area contributed by atoms with Crippen LogP contribution in [0.3, 0.4) is 0 Å². The molecule has 0 saturated heterocycles. The van der Waals surface area contributed by atoms with Gasteiger partial charge in [0.15, 0.2) is 0 Å². The number of benzene rings is 11. The minimum atomic E-state index is 0.925. The van der Waals surface area contributed by atoms with Crippen LogP contribution >= 0.6 is 0 Å². The van der Waals surface area contributed by atoms with Gasteiger partial charge in [-0.2, -0.15) is 0 Å². The number of fused-ring (bicyclic) bond motifs is 3. The number of para-hydroxylation sites is 3. The van der Waals surface area contributed by atoms with Crippen LogP contribution in [0.2, 0.25) is 0 Å². The van der Waals surface area contributed by atoms with Crippen LogP contribution in [0.15, 0.2) is 267 Å². The molecule has 11 aromatic carbocycles. The van der Waals surface area contributed by atoms with Crippen LogP contribution < -0.4 is 9.80 Å². The predicted octanol–water partition coefficient (Wildman–Crippen LogP) is 18.7.